The number of benzene rings is 1. The monoisotopic (exact) mass is 389 g/mol. The number of carbonyl (C=O) groups is 1. The molecule has 8 nitrogen and oxygen atoms in total. The van der Waals surface area contributed by atoms with Crippen molar-refractivity contribution in [3.63, 3.8) is 0 Å². The minimum atomic E-state index is -0.578. The minimum absolute atomic E-state index is 0.0571. The molecule has 29 heavy (non-hydrogen) atoms. The molecule has 146 valence electrons. The van der Waals surface area contributed by atoms with E-state index in [9.17, 15) is 9.59 Å². The van der Waals surface area contributed by atoms with Gasteiger partial charge in [-0.25, -0.2) is 4.98 Å². The summed E-state index contributed by atoms with van der Waals surface area (Å²) >= 11 is 0. The van der Waals surface area contributed by atoms with Crippen molar-refractivity contribution < 1.29 is 9.32 Å². The molecule has 3 aromatic heterocycles. The van der Waals surface area contributed by atoms with E-state index in [0.717, 1.165) is 16.7 Å². The highest BCUT2D eigenvalue weighted by Crippen LogP contribution is 2.19. The Kier molecular flexibility index (Phi) is 4.67. The highest BCUT2D eigenvalue weighted by atomic mass is 16.5. The molecule has 4 rings (SSSR count). The number of nitrogens with one attached hydrogen (secondary N) is 1. The molecule has 8 heteroatoms. The standard InChI is InChI=1S/C21H19N5O3/c1-12-6-4-8-15(10-12)17-24-20(29-25-17)14(3)23-19(27)16-11-22-18-13(2)7-5-9-26(18)21(16)28/h4-11,14H,1-3H3,(H,23,27)/t14-/m0/s1. The van der Waals surface area contributed by atoms with Crippen LogP contribution >= 0.6 is 0 Å². The largest absolute Gasteiger partial charge is 0.340 e. The van der Waals surface area contributed by atoms with Gasteiger partial charge in [-0.15, -0.1) is 0 Å². The fraction of sp³-hybridized carbons (Fsp3) is 0.190. The van der Waals surface area contributed by atoms with E-state index in [4.69, 9.17) is 4.52 Å². The van der Waals surface area contributed by atoms with Gasteiger partial charge in [-0.3, -0.25) is 14.0 Å². The number of nitrogens with zero attached hydrogens (tertiary/aromatic N) is 4. The number of hydrogen-bond donors (Lipinski definition) is 1. The van der Waals surface area contributed by atoms with Crippen molar-refractivity contribution in [3.05, 3.63) is 81.7 Å². The van der Waals surface area contributed by atoms with E-state index in [0.29, 0.717) is 11.5 Å². The van der Waals surface area contributed by atoms with Crippen molar-refractivity contribution in [1.82, 2.24) is 24.8 Å². The van der Waals surface area contributed by atoms with Crippen LogP contribution in [0.1, 0.15) is 40.3 Å². The van der Waals surface area contributed by atoms with E-state index < -0.39 is 17.5 Å². The summed E-state index contributed by atoms with van der Waals surface area (Å²) in [6, 6.07) is 10.7. The molecule has 0 fully saturated rings. The lowest BCUT2D eigenvalue weighted by molar-refractivity contribution is 0.0930. The predicted octanol–water partition coefficient (Wildman–Crippen LogP) is 2.85. The number of aromatic nitrogens is 4. The molecule has 0 saturated carbocycles. The molecule has 0 aliphatic rings. The second-order valence-corrected chi connectivity index (χ2v) is 6.88. The second kappa shape index (κ2) is 7.31. The number of aryl methyl sites for hydroxylation is 2. The van der Waals surface area contributed by atoms with Gasteiger partial charge in [0.15, 0.2) is 0 Å². The van der Waals surface area contributed by atoms with Gasteiger partial charge in [-0.2, -0.15) is 4.98 Å². The van der Waals surface area contributed by atoms with Gasteiger partial charge in [0.25, 0.3) is 11.5 Å². The van der Waals surface area contributed by atoms with Crippen LogP contribution in [0.25, 0.3) is 17.0 Å². The molecular weight excluding hydrogens is 370 g/mol. The molecule has 1 N–H and O–H groups in total. The van der Waals surface area contributed by atoms with Gasteiger partial charge in [-0.1, -0.05) is 35.0 Å². The van der Waals surface area contributed by atoms with Crippen molar-refractivity contribution in [3.8, 4) is 11.4 Å². The number of rotatable bonds is 4. The van der Waals surface area contributed by atoms with Crippen LogP contribution in [-0.4, -0.2) is 25.4 Å². The summed E-state index contributed by atoms with van der Waals surface area (Å²) in [7, 11) is 0. The lowest BCUT2D eigenvalue weighted by Gasteiger charge is -2.10. The van der Waals surface area contributed by atoms with Gasteiger partial charge in [0.2, 0.25) is 11.7 Å². The summed E-state index contributed by atoms with van der Waals surface area (Å²) in [6.07, 6.45) is 2.88. The van der Waals surface area contributed by atoms with Gasteiger partial charge < -0.3 is 9.84 Å². The molecule has 0 aliphatic carbocycles. The van der Waals surface area contributed by atoms with Crippen LogP contribution in [0.3, 0.4) is 0 Å². The Morgan fingerprint density at radius 1 is 1.21 bits per heavy atom. The summed E-state index contributed by atoms with van der Waals surface area (Å²) in [5, 5.41) is 6.70. The summed E-state index contributed by atoms with van der Waals surface area (Å²) in [5.74, 6) is 0.133. The first-order valence-corrected chi connectivity index (χ1v) is 9.12. The number of hydrogen-bond acceptors (Lipinski definition) is 6. The smallest absolute Gasteiger partial charge is 0.270 e. The van der Waals surface area contributed by atoms with E-state index >= 15 is 0 Å². The fourth-order valence-corrected chi connectivity index (χ4v) is 3.05. The first-order chi connectivity index (χ1) is 13.9. The van der Waals surface area contributed by atoms with E-state index in [2.05, 4.69) is 20.4 Å². The summed E-state index contributed by atoms with van der Waals surface area (Å²) in [4.78, 5) is 33.9. The minimum Gasteiger partial charge on any atom is -0.340 e. The van der Waals surface area contributed by atoms with E-state index in [1.165, 1.54) is 10.6 Å². The molecule has 0 unspecified atom stereocenters. The maximum Gasteiger partial charge on any atom is 0.270 e. The van der Waals surface area contributed by atoms with E-state index in [-0.39, 0.29) is 11.5 Å². The lowest BCUT2D eigenvalue weighted by atomic mass is 10.1. The van der Waals surface area contributed by atoms with E-state index in [1.54, 1.807) is 19.2 Å². The Morgan fingerprint density at radius 3 is 2.83 bits per heavy atom. The van der Waals surface area contributed by atoms with Crippen molar-refractivity contribution in [1.29, 1.82) is 0 Å². The zero-order valence-corrected chi connectivity index (χ0v) is 16.2. The third kappa shape index (κ3) is 3.52. The first kappa shape index (κ1) is 18.5. The zero-order chi connectivity index (χ0) is 20.5. The molecule has 1 atom stereocenters. The SMILES string of the molecule is Cc1cccc(-c2noc([C@H](C)NC(=O)c3cnc4c(C)cccn4c3=O)n2)c1. The first-order valence-electron chi connectivity index (χ1n) is 9.12. The molecule has 3 heterocycles. The Balaban J connectivity index is 1.57. The third-order valence-corrected chi connectivity index (χ3v) is 4.61. The number of carbonyl (C=O) groups excluding carboxylic acids is 1. The number of fused-ring (bicyclic) bond motifs is 1. The van der Waals surface area contributed by atoms with Crippen molar-refractivity contribution in [2.24, 2.45) is 0 Å². The molecule has 0 radical (unpaired) electrons. The van der Waals surface area contributed by atoms with E-state index in [1.807, 2.05) is 44.2 Å². The topological polar surface area (TPSA) is 102 Å². The Labute approximate surface area is 166 Å². The predicted molar refractivity (Wildman–Crippen MR) is 107 cm³/mol. The average molecular weight is 389 g/mol. The third-order valence-electron chi connectivity index (χ3n) is 4.61. The Hall–Kier alpha value is -3.81. The van der Waals surface area contributed by atoms with Gasteiger partial charge in [0, 0.05) is 18.0 Å². The average Bonchev–Trinajstić information content (AvgIpc) is 3.19. The fourth-order valence-electron chi connectivity index (χ4n) is 3.05. The Bertz CT molecular complexity index is 1270. The normalized spacial score (nSPS) is 12.1. The summed E-state index contributed by atoms with van der Waals surface area (Å²) < 4.78 is 6.66. The Morgan fingerprint density at radius 2 is 2.03 bits per heavy atom. The van der Waals surface area contributed by atoms with Crippen LogP contribution in [0, 0.1) is 13.8 Å². The van der Waals surface area contributed by atoms with Crippen LogP contribution in [0.5, 0.6) is 0 Å². The van der Waals surface area contributed by atoms with Crippen LogP contribution in [-0.2, 0) is 0 Å². The molecule has 0 bridgehead atoms. The van der Waals surface area contributed by atoms with Crippen LogP contribution < -0.4 is 10.9 Å². The molecule has 1 amide bonds. The number of amides is 1. The molecule has 1 aromatic carbocycles. The van der Waals surface area contributed by atoms with Crippen molar-refractivity contribution >= 4 is 11.6 Å². The van der Waals surface area contributed by atoms with Gasteiger partial charge in [0.05, 0.1) is 0 Å². The maximum absolute atomic E-state index is 12.7. The molecular formula is C21H19N5O3. The molecule has 0 aliphatic heterocycles. The zero-order valence-electron chi connectivity index (χ0n) is 16.2. The lowest BCUT2D eigenvalue weighted by Crippen LogP contribution is -2.33. The van der Waals surface area contributed by atoms with Crippen LogP contribution in [0.15, 0.2) is 58.1 Å². The van der Waals surface area contributed by atoms with Crippen LogP contribution in [0.4, 0.5) is 0 Å². The highest BCUT2D eigenvalue weighted by molar-refractivity contribution is 5.94. The molecule has 4 aromatic rings. The summed E-state index contributed by atoms with van der Waals surface area (Å²) in [6.45, 7) is 5.54. The molecule has 0 spiro atoms. The highest BCUT2D eigenvalue weighted by Gasteiger charge is 2.21. The van der Waals surface area contributed by atoms with Gasteiger partial charge in [0.1, 0.15) is 17.3 Å². The van der Waals surface area contributed by atoms with Gasteiger partial charge in [-0.05, 0) is 38.5 Å². The van der Waals surface area contributed by atoms with Crippen molar-refractivity contribution in [2.75, 3.05) is 0 Å². The number of pyridine rings is 1. The van der Waals surface area contributed by atoms with Crippen molar-refractivity contribution in [2.45, 2.75) is 26.8 Å². The van der Waals surface area contributed by atoms with Crippen LogP contribution in [0.2, 0.25) is 0 Å². The maximum atomic E-state index is 12.7. The molecule has 0 saturated heterocycles. The van der Waals surface area contributed by atoms with Gasteiger partial charge >= 0.3 is 0 Å². The summed E-state index contributed by atoms with van der Waals surface area (Å²) in [5.41, 5.74) is 2.77. The second-order valence-electron chi connectivity index (χ2n) is 6.88. The quantitative estimate of drug-likeness (QED) is 0.576.